The number of H-pyrrole nitrogens is 1. The summed E-state index contributed by atoms with van der Waals surface area (Å²) in [5.74, 6) is -1.25. The zero-order chi connectivity index (χ0) is 25.6. The van der Waals surface area contributed by atoms with Gasteiger partial charge in [0.15, 0.2) is 5.75 Å². The molecule has 3 rings (SSSR count). The number of hydrogen-bond donors (Lipinski definition) is 4. The van der Waals surface area contributed by atoms with Gasteiger partial charge in [-0.1, -0.05) is 6.07 Å². The number of anilines is 2. The number of aliphatic hydroxyl groups excluding tert-OH is 1. The van der Waals surface area contributed by atoms with E-state index < -0.39 is 41.5 Å². The van der Waals surface area contributed by atoms with Gasteiger partial charge in [-0.25, -0.2) is 9.18 Å². The van der Waals surface area contributed by atoms with Gasteiger partial charge in [-0.3, -0.25) is 4.79 Å². The van der Waals surface area contributed by atoms with Crippen LogP contribution < -0.4 is 25.7 Å². The SMILES string of the molecule is CCOc1cc(-c2ccc(NC(=O)Nc3ccc(OCCO)c(C(F)(F)F)c3)c(F)c2)c[nH]c1=O. The Bertz CT molecular complexity index is 1260. The number of aromatic amines is 1. The summed E-state index contributed by atoms with van der Waals surface area (Å²) in [6.45, 7) is 1.17. The summed E-state index contributed by atoms with van der Waals surface area (Å²) in [5.41, 5.74) is -1.16. The molecule has 186 valence electrons. The van der Waals surface area contributed by atoms with Crippen molar-refractivity contribution in [1.29, 1.82) is 0 Å². The highest BCUT2D eigenvalue weighted by molar-refractivity contribution is 6.00. The van der Waals surface area contributed by atoms with E-state index in [9.17, 15) is 27.2 Å². The first-order valence-electron chi connectivity index (χ1n) is 10.3. The minimum absolute atomic E-state index is 0.0676. The number of nitrogens with one attached hydrogen (secondary N) is 3. The summed E-state index contributed by atoms with van der Waals surface area (Å²) in [6.07, 6.45) is -3.39. The molecule has 0 atom stereocenters. The number of aromatic nitrogens is 1. The van der Waals surface area contributed by atoms with Gasteiger partial charge in [0, 0.05) is 17.4 Å². The lowest BCUT2D eigenvalue weighted by molar-refractivity contribution is -0.139. The average molecular weight is 495 g/mol. The van der Waals surface area contributed by atoms with Crippen LogP contribution in [0.2, 0.25) is 0 Å². The number of benzene rings is 2. The number of alkyl halides is 3. The van der Waals surface area contributed by atoms with Gasteiger partial charge in [0.1, 0.15) is 18.2 Å². The Balaban J connectivity index is 1.75. The Morgan fingerprint density at radius 3 is 2.46 bits per heavy atom. The molecule has 4 N–H and O–H groups in total. The second-order valence-electron chi connectivity index (χ2n) is 7.07. The molecule has 8 nitrogen and oxygen atoms in total. The molecule has 0 aliphatic rings. The monoisotopic (exact) mass is 495 g/mol. The Labute approximate surface area is 196 Å². The maximum atomic E-state index is 14.6. The van der Waals surface area contributed by atoms with Crippen molar-refractivity contribution in [2.75, 3.05) is 30.5 Å². The molecule has 35 heavy (non-hydrogen) atoms. The molecule has 0 spiro atoms. The third-order valence-electron chi connectivity index (χ3n) is 4.61. The minimum atomic E-state index is -4.77. The van der Waals surface area contributed by atoms with Crippen LogP contribution in [0.4, 0.5) is 33.7 Å². The summed E-state index contributed by atoms with van der Waals surface area (Å²) >= 11 is 0. The lowest BCUT2D eigenvalue weighted by Crippen LogP contribution is -2.20. The van der Waals surface area contributed by atoms with Crippen molar-refractivity contribution >= 4 is 17.4 Å². The van der Waals surface area contributed by atoms with E-state index in [0.29, 0.717) is 17.2 Å². The van der Waals surface area contributed by atoms with E-state index in [2.05, 4.69) is 15.6 Å². The molecule has 0 saturated heterocycles. The normalized spacial score (nSPS) is 11.1. The lowest BCUT2D eigenvalue weighted by Gasteiger charge is -2.16. The Morgan fingerprint density at radius 2 is 1.80 bits per heavy atom. The Kier molecular flexibility index (Phi) is 7.97. The number of aliphatic hydroxyl groups is 1. The van der Waals surface area contributed by atoms with Gasteiger partial charge in [-0.05, 0) is 48.9 Å². The van der Waals surface area contributed by atoms with E-state index in [-0.39, 0.29) is 30.3 Å². The molecular weight excluding hydrogens is 474 g/mol. The van der Waals surface area contributed by atoms with Gasteiger partial charge in [0.2, 0.25) is 0 Å². The van der Waals surface area contributed by atoms with Crippen LogP contribution in [0.1, 0.15) is 12.5 Å². The third kappa shape index (κ3) is 6.51. The molecule has 0 unspecified atom stereocenters. The summed E-state index contributed by atoms with van der Waals surface area (Å²) in [7, 11) is 0. The Hall–Kier alpha value is -4.06. The zero-order valence-corrected chi connectivity index (χ0v) is 18.3. The smallest absolute Gasteiger partial charge is 0.420 e. The minimum Gasteiger partial charge on any atom is -0.491 e. The molecule has 0 radical (unpaired) electrons. The molecular formula is C23H21F4N3O5. The first-order chi connectivity index (χ1) is 16.6. The summed E-state index contributed by atoms with van der Waals surface area (Å²) < 4.78 is 64.7. The fourth-order valence-electron chi connectivity index (χ4n) is 3.08. The van der Waals surface area contributed by atoms with E-state index in [4.69, 9.17) is 14.6 Å². The zero-order valence-electron chi connectivity index (χ0n) is 18.3. The summed E-state index contributed by atoms with van der Waals surface area (Å²) in [5, 5.41) is 13.2. The maximum Gasteiger partial charge on any atom is 0.420 e. The number of rotatable bonds is 8. The first-order valence-corrected chi connectivity index (χ1v) is 10.3. The molecule has 2 aromatic carbocycles. The van der Waals surface area contributed by atoms with Gasteiger partial charge in [0.25, 0.3) is 5.56 Å². The highest BCUT2D eigenvalue weighted by Crippen LogP contribution is 2.38. The van der Waals surface area contributed by atoms with E-state index in [1.807, 2.05) is 0 Å². The molecule has 1 heterocycles. The molecule has 0 saturated carbocycles. The van der Waals surface area contributed by atoms with E-state index in [1.165, 1.54) is 30.5 Å². The van der Waals surface area contributed by atoms with Crippen LogP contribution in [0, 0.1) is 5.82 Å². The highest BCUT2D eigenvalue weighted by Gasteiger charge is 2.35. The van der Waals surface area contributed by atoms with Crippen molar-refractivity contribution in [2.24, 2.45) is 0 Å². The number of halogens is 4. The fraction of sp³-hybridized carbons (Fsp3) is 0.217. The molecule has 0 fully saturated rings. The van der Waals surface area contributed by atoms with Crippen molar-refractivity contribution in [1.82, 2.24) is 4.98 Å². The summed E-state index contributed by atoms with van der Waals surface area (Å²) in [6, 6.07) is 7.18. The van der Waals surface area contributed by atoms with Crippen molar-refractivity contribution in [3.8, 4) is 22.6 Å². The van der Waals surface area contributed by atoms with Crippen LogP contribution in [0.25, 0.3) is 11.1 Å². The van der Waals surface area contributed by atoms with Gasteiger partial charge in [-0.2, -0.15) is 13.2 Å². The molecule has 2 amide bonds. The van der Waals surface area contributed by atoms with Crippen molar-refractivity contribution in [3.05, 3.63) is 70.4 Å². The number of carbonyl (C=O) groups excluding carboxylic acids is 1. The third-order valence-corrected chi connectivity index (χ3v) is 4.61. The molecule has 0 bridgehead atoms. The first kappa shape index (κ1) is 25.6. The molecule has 3 aromatic rings. The standard InChI is InChI=1S/C23H21F4N3O5/c1-2-34-20-10-14(12-28-21(20)32)13-3-5-18(17(24)9-13)30-22(33)29-15-4-6-19(35-8-7-31)16(11-15)23(25,26)27/h3-6,9-12,31H,2,7-8H2,1H3,(H,28,32)(H2,29,30,33). The molecule has 0 aliphatic heterocycles. The van der Waals surface area contributed by atoms with Gasteiger partial charge in [-0.15, -0.1) is 0 Å². The van der Waals surface area contributed by atoms with Crippen LogP contribution in [0.3, 0.4) is 0 Å². The fourth-order valence-corrected chi connectivity index (χ4v) is 3.08. The van der Waals surface area contributed by atoms with Crippen LogP contribution in [0.15, 0.2) is 53.5 Å². The molecule has 0 aliphatic carbocycles. The largest absolute Gasteiger partial charge is 0.491 e. The Morgan fingerprint density at radius 1 is 1.03 bits per heavy atom. The van der Waals surface area contributed by atoms with Gasteiger partial charge < -0.3 is 30.2 Å². The second kappa shape index (κ2) is 10.9. The number of ether oxygens (including phenoxy) is 2. The number of urea groups is 1. The number of pyridine rings is 1. The lowest BCUT2D eigenvalue weighted by atomic mass is 10.1. The summed E-state index contributed by atoms with van der Waals surface area (Å²) in [4.78, 5) is 26.5. The van der Waals surface area contributed by atoms with Crippen molar-refractivity contribution < 1.29 is 36.9 Å². The predicted molar refractivity (Wildman–Crippen MR) is 120 cm³/mol. The van der Waals surface area contributed by atoms with Crippen LogP contribution in [-0.4, -0.2) is 35.9 Å². The number of amides is 2. The van der Waals surface area contributed by atoms with Crippen molar-refractivity contribution in [2.45, 2.75) is 13.1 Å². The van der Waals surface area contributed by atoms with Crippen LogP contribution >= 0.6 is 0 Å². The number of hydrogen-bond acceptors (Lipinski definition) is 5. The number of carbonyl (C=O) groups is 1. The highest BCUT2D eigenvalue weighted by atomic mass is 19.4. The second-order valence-corrected chi connectivity index (χ2v) is 7.07. The van der Waals surface area contributed by atoms with Crippen LogP contribution in [-0.2, 0) is 6.18 Å². The molecule has 1 aromatic heterocycles. The van der Waals surface area contributed by atoms with E-state index in [1.54, 1.807) is 6.92 Å². The predicted octanol–water partition coefficient (Wildman–Crippen LogP) is 4.61. The van der Waals surface area contributed by atoms with Crippen molar-refractivity contribution in [3.63, 3.8) is 0 Å². The van der Waals surface area contributed by atoms with Crippen LogP contribution in [0.5, 0.6) is 11.5 Å². The molecule has 12 heteroatoms. The van der Waals surface area contributed by atoms with Gasteiger partial charge >= 0.3 is 12.2 Å². The average Bonchev–Trinajstić information content (AvgIpc) is 2.80. The maximum absolute atomic E-state index is 14.6. The topological polar surface area (TPSA) is 113 Å². The van der Waals surface area contributed by atoms with E-state index >= 15 is 0 Å². The van der Waals surface area contributed by atoms with Gasteiger partial charge in [0.05, 0.1) is 24.5 Å². The van der Waals surface area contributed by atoms with E-state index in [0.717, 1.165) is 12.1 Å². The quantitative estimate of drug-likeness (QED) is 0.341.